The zero-order chi connectivity index (χ0) is 12.4. The van der Waals surface area contributed by atoms with E-state index in [1.165, 1.54) is 0 Å². The molecule has 3 nitrogen and oxygen atoms in total. The Morgan fingerprint density at radius 3 is 2.56 bits per heavy atom. The number of nitrogens with two attached hydrogens (primary N) is 1. The summed E-state index contributed by atoms with van der Waals surface area (Å²) in [6.45, 7) is 0. The molecule has 2 N–H and O–H groups in total. The van der Waals surface area contributed by atoms with Crippen molar-refractivity contribution in [3.05, 3.63) is 60.8 Å². The first-order chi connectivity index (χ1) is 8.83. The number of nitrogen functional groups attached to an aromatic ring is 1. The van der Waals surface area contributed by atoms with Crippen LogP contribution in [0.25, 0.3) is 10.8 Å². The Morgan fingerprint density at radius 2 is 1.72 bits per heavy atom. The van der Waals surface area contributed by atoms with Crippen molar-refractivity contribution in [2.24, 2.45) is 0 Å². The largest absolute Gasteiger partial charge is 0.455 e. The Bertz CT molecular complexity index is 672. The number of benzene rings is 2. The van der Waals surface area contributed by atoms with Crippen LogP contribution < -0.4 is 10.5 Å². The first-order valence-electron chi connectivity index (χ1n) is 5.70. The van der Waals surface area contributed by atoms with Gasteiger partial charge in [0.05, 0.1) is 6.20 Å². The number of nitrogens with zero attached hydrogens (tertiary/aromatic N) is 1. The van der Waals surface area contributed by atoms with Gasteiger partial charge in [-0.2, -0.15) is 0 Å². The van der Waals surface area contributed by atoms with E-state index in [1.807, 2.05) is 36.4 Å². The maximum atomic E-state index is 5.83. The summed E-state index contributed by atoms with van der Waals surface area (Å²) < 4.78 is 5.83. The van der Waals surface area contributed by atoms with E-state index < -0.39 is 0 Å². The average Bonchev–Trinajstić information content (AvgIpc) is 2.42. The van der Waals surface area contributed by atoms with Crippen molar-refractivity contribution in [3.63, 3.8) is 0 Å². The first-order valence-corrected chi connectivity index (χ1v) is 5.70. The molecule has 0 aliphatic rings. The number of rotatable bonds is 2. The Morgan fingerprint density at radius 1 is 0.889 bits per heavy atom. The molecule has 0 fully saturated rings. The minimum Gasteiger partial charge on any atom is -0.455 e. The van der Waals surface area contributed by atoms with Crippen molar-refractivity contribution in [1.82, 2.24) is 4.98 Å². The zero-order valence-electron chi connectivity index (χ0n) is 9.71. The van der Waals surface area contributed by atoms with Gasteiger partial charge in [-0.3, -0.25) is 0 Å². The SMILES string of the molecule is Nc1ccc(Oc2cccc3ccccc23)cn1. The number of ether oxygens (including phenoxy) is 1. The normalized spacial score (nSPS) is 10.4. The van der Waals surface area contributed by atoms with Gasteiger partial charge in [0.25, 0.3) is 0 Å². The van der Waals surface area contributed by atoms with Gasteiger partial charge in [-0.1, -0.05) is 36.4 Å². The molecular formula is C15H12N2O. The van der Waals surface area contributed by atoms with Crippen LogP contribution in [0.5, 0.6) is 11.5 Å². The van der Waals surface area contributed by atoms with E-state index in [1.54, 1.807) is 12.3 Å². The van der Waals surface area contributed by atoms with Crippen LogP contribution in [0.1, 0.15) is 0 Å². The van der Waals surface area contributed by atoms with E-state index >= 15 is 0 Å². The average molecular weight is 236 g/mol. The van der Waals surface area contributed by atoms with E-state index in [0.29, 0.717) is 11.6 Å². The Hall–Kier alpha value is -2.55. The van der Waals surface area contributed by atoms with Crippen molar-refractivity contribution in [3.8, 4) is 11.5 Å². The standard InChI is InChI=1S/C15H12N2O/c16-15-9-8-12(10-17-15)18-14-7-3-5-11-4-1-2-6-13(11)14/h1-10H,(H2,16,17). The van der Waals surface area contributed by atoms with E-state index in [-0.39, 0.29) is 0 Å². The van der Waals surface area contributed by atoms with Gasteiger partial charge in [0, 0.05) is 5.39 Å². The molecule has 18 heavy (non-hydrogen) atoms. The second kappa shape index (κ2) is 4.37. The van der Waals surface area contributed by atoms with Crippen LogP contribution in [0.15, 0.2) is 60.8 Å². The number of hydrogen-bond donors (Lipinski definition) is 1. The predicted octanol–water partition coefficient (Wildman–Crippen LogP) is 3.61. The second-order valence-electron chi connectivity index (χ2n) is 4.00. The lowest BCUT2D eigenvalue weighted by atomic mass is 10.1. The third-order valence-corrected chi connectivity index (χ3v) is 2.74. The molecule has 0 atom stereocenters. The van der Waals surface area contributed by atoms with E-state index in [9.17, 15) is 0 Å². The van der Waals surface area contributed by atoms with Crippen molar-refractivity contribution in [2.45, 2.75) is 0 Å². The highest BCUT2D eigenvalue weighted by molar-refractivity contribution is 5.88. The van der Waals surface area contributed by atoms with Gasteiger partial charge < -0.3 is 10.5 Å². The smallest absolute Gasteiger partial charge is 0.145 e. The molecule has 0 spiro atoms. The van der Waals surface area contributed by atoms with E-state index in [2.05, 4.69) is 17.1 Å². The lowest BCUT2D eigenvalue weighted by Crippen LogP contribution is -1.90. The lowest BCUT2D eigenvalue weighted by molar-refractivity contribution is 0.486. The van der Waals surface area contributed by atoms with E-state index in [4.69, 9.17) is 10.5 Å². The summed E-state index contributed by atoms with van der Waals surface area (Å²) in [6.07, 6.45) is 1.62. The maximum Gasteiger partial charge on any atom is 0.145 e. The van der Waals surface area contributed by atoms with Crippen LogP contribution >= 0.6 is 0 Å². The highest BCUT2D eigenvalue weighted by Crippen LogP contribution is 2.29. The summed E-state index contributed by atoms with van der Waals surface area (Å²) >= 11 is 0. The number of hydrogen-bond acceptors (Lipinski definition) is 3. The molecule has 0 bridgehead atoms. The molecule has 88 valence electrons. The summed E-state index contributed by atoms with van der Waals surface area (Å²) in [5.41, 5.74) is 5.54. The number of pyridine rings is 1. The van der Waals surface area contributed by atoms with Gasteiger partial charge in [-0.25, -0.2) is 4.98 Å². The summed E-state index contributed by atoms with van der Waals surface area (Å²) in [7, 11) is 0. The minimum absolute atomic E-state index is 0.486. The van der Waals surface area contributed by atoms with Crippen LogP contribution in [-0.4, -0.2) is 4.98 Å². The molecule has 0 aliphatic carbocycles. The molecule has 3 heteroatoms. The molecule has 0 saturated heterocycles. The van der Waals surface area contributed by atoms with Gasteiger partial charge in [-0.05, 0) is 23.6 Å². The maximum absolute atomic E-state index is 5.83. The molecule has 1 heterocycles. The van der Waals surface area contributed by atoms with E-state index in [0.717, 1.165) is 16.5 Å². The third-order valence-electron chi connectivity index (χ3n) is 2.74. The zero-order valence-corrected chi connectivity index (χ0v) is 9.71. The quantitative estimate of drug-likeness (QED) is 0.739. The predicted molar refractivity (Wildman–Crippen MR) is 72.7 cm³/mol. The molecule has 3 aromatic rings. The van der Waals surface area contributed by atoms with Crippen LogP contribution in [0.2, 0.25) is 0 Å². The highest BCUT2D eigenvalue weighted by atomic mass is 16.5. The minimum atomic E-state index is 0.486. The van der Waals surface area contributed by atoms with Crippen LogP contribution in [0.4, 0.5) is 5.82 Å². The summed E-state index contributed by atoms with van der Waals surface area (Å²) in [4.78, 5) is 4.01. The molecule has 1 aromatic heterocycles. The topological polar surface area (TPSA) is 48.1 Å². The highest BCUT2D eigenvalue weighted by Gasteiger charge is 2.02. The fourth-order valence-electron chi connectivity index (χ4n) is 1.86. The Labute approximate surface area is 105 Å². The fourth-order valence-corrected chi connectivity index (χ4v) is 1.86. The van der Waals surface area contributed by atoms with Crippen molar-refractivity contribution in [2.75, 3.05) is 5.73 Å². The molecule has 0 saturated carbocycles. The van der Waals surface area contributed by atoms with Gasteiger partial charge in [0.15, 0.2) is 0 Å². The van der Waals surface area contributed by atoms with Crippen molar-refractivity contribution >= 4 is 16.6 Å². The van der Waals surface area contributed by atoms with Crippen LogP contribution in [-0.2, 0) is 0 Å². The van der Waals surface area contributed by atoms with Crippen molar-refractivity contribution < 1.29 is 4.74 Å². The van der Waals surface area contributed by atoms with Crippen molar-refractivity contribution in [1.29, 1.82) is 0 Å². The monoisotopic (exact) mass is 236 g/mol. The molecule has 3 rings (SSSR count). The molecule has 0 amide bonds. The van der Waals surface area contributed by atoms with Gasteiger partial charge in [0.1, 0.15) is 17.3 Å². The molecule has 0 radical (unpaired) electrons. The number of anilines is 1. The van der Waals surface area contributed by atoms with Crippen LogP contribution in [0.3, 0.4) is 0 Å². The molecule has 2 aromatic carbocycles. The van der Waals surface area contributed by atoms with Gasteiger partial charge in [-0.15, -0.1) is 0 Å². The first kappa shape index (κ1) is 10.6. The molecular weight excluding hydrogens is 224 g/mol. The molecule has 0 unspecified atom stereocenters. The molecule has 0 aliphatic heterocycles. The van der Waals surface area contributed by atoms with Gasteiger partial charge >= 0.3 is 0 Å². The Balaban J connectivity index is 2.02. The van der Waals surface area contributed by atoms with Gasteiger partial charge in [0.2, 0.25) is 0 Å². The van der Waals surface area contributed by atoms with Crippen LogP contribution in [0, 0.1) is 0 Å². The number of aromatic nitrogens is 1. The Kier molecular flexibility index (Phi) is 2.57. The summed E-state index contributed by atoms with van der Waals surface area (Å²) in [5, 5.41) is 2.23. The third kappa shape index (κ3) is 1.98. The summed E-state index contributed by atoms with van der Waals surface area (Å²) in [6, 6.07) is 17.6. The lowest BCUT2D eigenvalue weighted by Gasteiger charge is -2.08. The fraction of sp³-hybridized carbons (Fsp3) is 0. The second-order valence-corrected chi connectivity index (χ2v) is 4.00. The number of fused-ring (bicyclic) bond motifs is 1. The summed E-state index contributed by atoms with van der Waals surface area (Å²) in [5.74, 6) is 1.99.